The summed E-state index contributed by atoms with van der Waals surface area (Å²) < 4.78 is 50.9. The Kier molecular flexibility index (Phi) is 4.72. The third-order valence-electron chi connectivity index (χ3n) is 5.62. The van der Waals surface area contributed by atoms with Gasteiger partial charge in [-0.05, 0) is 53.7 Å². The molecule has 0 aromatic heterocycles. The van der Waals surface area contributed by atoms with E-state index in [4.69, 9.17) is 9.47 Å². The second-order valence-electron chi connectivity index (χ2n) is 7.40. The molecule has 0 N–H and O–H groups in total. The number of rotatable bonds is 4. The molecule has 2 aliphatic carbocycles. The number of benzene rings is 1. The molecule has 2 nitrogen and oxygen atoms in total. The quantitative estimate of drug-likeness (QED) is 0.567. The predicted molar refractivity (Wildman–Crippen MR) is 95.0 cm³/mol. The van der Waals surface area contributed by atoms with Gasteiger partial charge in [0.25, 0.3) is 0 Å². The van der Waals surface area contributed by atoms with Gasteiger partial charge in [-0.3, -0.25) is 0 Å². The van der Waals surface area contributed by atoms with E-state index >= 15 is 0 Å². The fourth-order valence-electron chi connectivity index (χ4n) is 4.26. The molecule has 1 fully saturated rings. The number of alkyl halides is 3. The first-order valence-electron chi connectivity index (χ1n) is 9.46. The van der Waals surface area contributed by atoms with Crippen LogP contribution >= 0.6 is 0 Å². The van der Waals surface area contributed by atoms with Gasteiger partial charge in [0, 0.05) is 0 Å². The predicted octanol–water partition coefficient (Wildman–Crippen LogP) is 6.51. The van der Waals surface area contributed by atoms with Gasteiger partial charge in [0.15, 0.2) is 11.5 Å². The maximum atomic E-state index is 13.4. The molecular formula is C21H23F3O2. The molecule has 1 aromatic carbocycles. The smallest absolute Gasteiger partial charge is 0.417 e. The Balaban J connectivity index is 1.52. The monoisotopic (exact) mass is 364 g/mol. The van der Waals surface area contributed by atoms with Crippen LogP contribution in [0.1, 0.15) is 62.5 Å². The van der Waals surface area contributed by atoms with E-state index in [-0.39, 0.29) is 12.4 Å². The summed E-state index contributed by atoms with van der Waals surface area (Å²) in [5, 5.41) is 0. The van der Waals surface area contributed by atoms with Crippen LogP contribution in [0.25, 0.3) is 11.1 Å². The van der Waals surface area contributed by atoms with Crippen LogP contribution in [0.15, 0.2) is 24.3 Å². The normalized spacial score (nSPS) is 21.2. The highest BCUT2D eigenvalue weighted by molar-refractivity contribution is 5.98. The van der Waals surface area contributed by atoms with E-state index in [0.717, 1.165) is 18.8 Å². The number of hydrogen-bond acceptors (Lipinski definition) is 2. The molecule has 0 atom stereocenters. The molecule has 26 heavy (non-hydrogen) atoms. The van der Waals surface area contributed by atoms with Crippen molar-refractivity contribution in [1.82, 2.24) is 0 Å². The van der Waals surface area contributed by atoms with E-state index in [1.165, 1.54) is 50.7 Å². The number of halogens is 3. The lowest BCUT2D eigenvalue weighted by Crippen LogP contribution is -2.09. The highest BCUT2D eigenvalue weighted by Crippen LogP contribution is 2.48. The second kappa shape index (κ2) is 7.01. The van der Waals surface area contributed by atoms with Crippen LogP contribution in [0.2, 0.25) is 0 Å². The van der Waals surface area contributed by atoms with Crippen LogP contribution in [-0.2, 0) is 0 Å². The molecule has 140 valence electrons. The Morgan fingerprint density at radius 1 is 1.00 bits per heavy atom. The lowest BCUT2D eigenvalue weighted by Gasteiger charge is -2.20. The second-order valence-corrected chi connectivity index (χ2v) is 7.40. The van der Waals surface area contributed by atoms with Crippen LogP contribution in [0.5, 0.6) is 11.5 Å². The Bertz CT molecular complexity index is 740. The fourth-order valence-corrected chi connectivity index (χ4v) is 4.26. The van der Waals surface area contributed by atoms with Crippen LogP contribution in [0, 0.1) is 5.92 Å². The number of allylic oxidation sites excluding steroid dienone is 4. The molecule has 0 radical (unpaired) electrons. The van der Waals surface area contributed by atoms with E-state index in [1.807, 2.05) is 6.08 Å². The van der Waals surface area contributed by atoms with Gasteiger partial charge in [-0.25, -0.2) is 0 Å². The van der Waals surface area contributed by atoms with Crippen LogP contribution in [0.4, 0.5) is 13.2 Å². The molecule has 1 aliphatic heterocycles. The Morgan fingerprint density at radius 2 is 1.69 bits per heavy atom. The molecule has 1 aromatic rings. The van der Waals surface area contributed by atoms with Gasteiger partial charge in [0.2, 0.25) is 6.79 Å². The molecule has 0 amide bonds. The summed E-state index contributed by atoms with van der Waals surface area (Å²) in [7, 11) is 0. The summed E-state index contributed by atoms with van der Waals surface area (Å²) in [6, 6.07) is 3.14. The Morgan fingerprint density at radius 3 is 2.38 bits per heavy atom. The largest absolute Gasteiger partial charge is 0.454 e. The van der Waals surface area contributed by atoms with Crippen molar-refractivity contribution in [3.05, 3.63) is 35.4 Å². The first-order chi connectivity index (χ1) is 12.5. The summed E-state index contributed by atoms with van der Waals surface area (Å²) >= 11 is 0. The fraction of sp³-hybridized carbons (Fsp3) is 0.524. The SMILES string of the molecule is FC(F)(F)C1=C/C(=C\CCCC2CCCCC2)c2cc3c(cc21)OCO3. The number of hydrogen-bond donors (Lipinski definition) is 0. The van der Waals surface area contributed by atoms with Crippen LogP contribution in [-0.4, -0.2) is 13.0 Å². The molecule has 5 heteroatoms. The zero-order valence-electron chi connectivity index (χ0n) is 14.7. The molecule has 0 spiro atoms. The minimum absolute atomic E-state index is 0.0593. The third-order valence-corrected chi connectivity index (χ3v) is 5.62. The van der Waals surface area contributed by atoms with Crippen LogP contribution in [0.3, 0.4) is 0 Å². The zero-order chi connectivity index (χ0) is 18.1. The molecule has 0 unspecified atom stereocenters. The maximum absolute atomic E-state index is 13.4. The molecule has 4 rings (SSSR count). The van der Waals surface area contributed by atoms with Crippen molar-refractivity contribution in [2.45, 2.75) is 57.5 Å². The van der Waals surface area contributed by atoms with Gasteiger partial charge >= 0.3 is 6.18 Å². The summed E-state index contributed by atoms with van der Waals surface area (Å²) in [4.78, 5) is 0. The van der Waals surface area contributed by atoms with Gasteiger partial charge < -0.3 is 9.47 Å². The molecule has 0 saturated heterocycles. The van der Waals surface area contributed by atoms with Gasteiger partial charge in [0.05, 0.1) is 5.57 Å². The average molecular weight is 364 g/mol. The van der Waals surface area contributed by atoms with Crippen LogP contribution < -0.4 is 9.47 Å². The minimum atomic E-state index is -4.37. The summed E-state index contributed by atoms with van der Waals surface area (Å²) in [5.41, 5.74) is 0.845. The van der Waals surface area contributed by atoms with Crippen molar-refractivity contribution in [3.63, 3.8) is 0 Å². The standard InChI is InChI=1S/C21H23F3O2/c22-21(23,24)18-10-15(9-5-4-8-14-6-2-1-3-7-14)16-11-19-20(12-17(16)18)26-13-25-19/h9-12,14H,1-8,13H2/b15-9+. The Hall–Kier alpha value is -1.91. The Labute approximate surface area is 151 Å². The zero-order valence-corrected chi connectivity index (χ0v) is 14.7. The third kappa shape index (κ3) is 3.49. The van der Waals surface area contributed by atoms with E-state index in [1.54, 1.807) is 6.07 Å². The van der Waals surface area contributed by atoms with E-state index in [9.17, 15) is 13.2 Å². The summed E-state index contributed by atoms with van der Waals surface area (Å²) in [6.45, 7) is 0.0593. The first kappa shape index (κ1) is 17.5. The number of fused-ring (bicyclic) bond motifs is 2. The van der Waals surface area contributed by atoms with Gasteiger partial charge in [-0.2, -0.15) is 13.2 Å². The van der Waals surface area contributed by atoms with Gasteiger partial charge in [-0.15, -0.1) is 0 Å². The van der Waals surface area contributed by atoms with E-state index in [0.29, 0.717) is 22.6 Å². The lowest BCUT2D eigenvalue weighted by molar-refractivity contribution is -0.0687. The maximum Gasteiger partial charge on any atom is 0.417 e. The molecule has 3 aliphatic rings. The molecule has 1 heterocycles. The number of unbranched alkanes of at least 4 members (excludes halogenated alkanes) is 1. The first-order valence-corrected chi connectivity index (χ1v) is 9.46. The van der Waals surface area contributed by atoms with E-state index < -0.39 is 11.7 Å². The highest BCUT2D eigenvalue weighted by atomic mass is 19.4. The topological polar surface area (TPSA) is 18.5 Å². The van der Waals surface area contributed by atoms with Crippen molar-refractivity contribution >= 4 is 11.1 Å². The summed E-state index contributed by atoms with van der Waals surface area (Å²) in [5.74, 6) is 1.71. The van der Waals surface area contributed by atoms with Gasteiger partial charge in [0.1, 0.15) is 0 Å². The molecular weight excluding hydrogens is 341 g/mol. The molecule has 1 saturated carbocycles. The lowest BCUT2D eigenvalue weighted by atomic mass is 9.86. The number of ether oxygens (including phenoxy) is 2. The van der Waals surface area contributed by atoms with Gasteiger partial charge in [-0.1, -0.05) is 44.6 Å². The van der Waals surface area contributed by atoms with Crippen molar-refractivity contribution in [3.8, 4) is 11.5 Å². The minimum Gasteiger partial charge on any atom is -0.454 e. The van der Waals surface area contributed by atoms with Crippen molar-refractivity contribution in [1.29, 1.82) is 0 Å². The summed E-state index contributed by atoms with van der Waals surface area (Å²) in [6.07, 6.45) is 8.45. The molecule has 0 bridgehead atoms. The van der Waals surface area contributed by atoms with Crippen molar-refractivity contribution in [2.75, 3.05) is 6.79 Å². The van der Waals surface area contributed by atoms with Crippen molar-refractivity contribution < 1.29 is 22.6 Å². The van der Waals surface area contributed by atoms with Crippen molar-refractivity contribution in [2.24, 2.45) is 5.92 Å². The van der Waals surface area contributed by atoms with E-state index in [2.05, 4.69) is 0 Å². The average Bonchev–Trinajstić information content (AvgIpc) is 3.21. The highest BCUT2D eigenvalue weighted by Gasteiger charge is 2.40.